The number of carbonyl (C=O) groups excluding carboxylic acids is 3. The Hall–Kier alpha value is -3.01. The Morgan fingerprint density at radius 2 is 1.60 bits per heavy atom. The van der Waals surface area contributed by atoms with E-state index in [1.807, 2.05) is 45.9 Å². The van der Waals surface area contributed by atoms with Crippen molar-refractivity contribution in [3.8, 4) is 12.3 Å². The van der Waals surface area contributed by atoms with Crippen LogP contribution in [0.1, 0.15) is 119 Å². The average Bonchev–Trinajstić information content (AvgIpc) is 2.87. The first kappa shape index (κ1) is 35.0. The van der Waals surface area contributed by atoms with Crippen molar-refractivity contribution in [1.82, 2.24) is 15.5 Å². The lowest BCUT2D eigenvalue weighted by Crippen LogP contribution is -2.57. The van der Waals surface area contributed by atoms with Gasteiger partial charge in [-0.05, 0) is 77.3 Å². The third-order valence-corrected chi connectivity index (χ3v) is 7.09. The van der Waals surface area contributed by atoms with Gasteiger partial charge < -0.3 is 20.3 Å². The van der Waals surface area contributed by atoms with E-state index < -0.39 is 23.8 Å². The second-order valence-corrected chi connectivity index (χ2v) is 12.4. The molecule has 5 unspecified atom stereocenters. The quantitative estimate of drug-likeness (QED) is 0.253. The van der Waals surface area contributed by atoms with E-state index in [0.29, 0.717) is 29.9 Å². The van der Waals surface area contributed by atoms with Crippen LogP contribution in [0.3, 0.4) is 0 Å². The molecule has 40 heavy (non-hydrogen) atoms. The SMILES string of the molecule is C#Cc1ccccc1C(C(=O)NC(C)CCC)N(C(=O)C(NC(=O)OC(C)(C)C)C(C)CC)C(C)CCC(C)C. The largest absolute Gasteiger partial charge is 0.444 e. The number of nitrogens with one attached hydrogen (secondary N) is 2. The minimum Gasteiger partial charge on any atom is -0.444 e. The molecule has 0 spiro atoms. The Morgan fingerprint density at radius 1 is 0.975 bits per heavy atom. The van der Waals surface area contributed by atoms with Gasteiger partial charge in [0.15, 0.2) is 0 Å². The third-order valence-electron chi connectivity index (χ3n) is 7.09. The number of ether oxygens (including phenoxy) is 1. The van der Waals surface area contributed by atoms with E-state index in [1.165, 1.54) is 0 Å². The Bertz CT molecular complexity index is 1010. The first-order valence-electron chi connectivity index (χ1n) is 14.8. The summed E-state index contributed by atoms with van der Waals surface area (Å²) in [7, 11) is 0. The van der Waals surface area contributed by atoms with Gasteiger partial charge in [-0.3, -0.25) is 9.59 Å². The molecule has 1 aromatic rings. The average molecular weight is 556 g/mol. The van der Waals surface area contributed by atoms with Crippen LogP contribution < -0.4 is 10.6 Å². The zero-order valence-electron chi connectivity index (χ0n) is 26.5. The van der Waals surface area contributed by atoms with Crippen LogP contribution in [0.15, 0.2) is 24.3 Å². The first-order valence-corrected chi connectivity index (χ1v) is 14.8. The summed E-state index contributed by atoms with van der Waals surface area (Å²) in [6.45, 7) is 19.5. The van der Waals surface area contributed by atoms with Gasteiger partial charge in [-0.25, -0.2) is 4.79 Å². The van der Waals surface area contributed by atoms with Crippen LogP contribution in [0.5, 0.6) is 0 Å². The highest BCUT2D eigenvalue weighted by atomic mass is 16.6. The Labute approximate surface area is 243 Å². The third kappa shape index (κ3) is 10.9. The van der Waals surface area contributed by atoms with E-state index in [4.69, 9.17) is 11.2 Å². The van der Waals surface area contributed by atoms with Gasteiger partial charge in [0.25, 0.3) is 0 Å². The molecule has 7 nitrogen and oxygen atoms in total. The molecule has 7 heteroatoms. The molecule has 224 valence electrons. The van der Waals surface area contributed by atoms with Crippen LogP contribution >= 0.6 is 0 Å². The number of nitrogens with zero attached hydrogens (tertiary/aromatic N) is 1. The van der Waals surface area contributed by atoms with Gasteiger partial charge in [0, 0.05) is 17.6 Å². The van der Waals surface area contributed by atoms with Crippen LogP contribution in [0.4, 0.5) is 4.79 Å². The number of alkyl carbamates (subject to hydrolysis) is 1. The van der Waals surface area contributed by atoms with E-state index in [9.17, 15) is 14.4 Å². The lowest BCUT2D eigenvalue weighted by molar-refractivity contribution is -0.146. The van der Waals surface area contributed by atoms with Gasteiger partial charge in [0.1, 0.15) is 17.7 Å². The molecule has 0 bridgehead atoms. The summed E-state index contributed by atoms with van der Waals surface area (Å²) in [6, 6.07) is 5.04. The van der Waals surface area contributed by atoms with Crippen molar-refractivity contribution < 1.29 is 19.1 Å². The Kier molecular flexibility index (Phi) is 14.3. The van der Waals surface area contributed by atoms with Crippen molar-refractivity contribution in [3.63, 3.8) is 0 Å². The van der Waals surface area contributed by atoms with Crippen molar-refractivity contribution in [2.24, 2.45) is 11.8 Å². The molecule has 0 aliphatic carbocycles. The van der Waals surface area contributed by atoms with Gasteiger partial charge in [0.05, 0.1) is 0 Å². The van der Waals surface area contributed by atoms with E-state index in [2.05, 4.69) is 37.3 Å². The molecule has 1 rings (SSSR count). The zero-order chi connectivity index (χ0) is 30.6. The molecule has 0 saturated carbocycles. The molecule has 5 atom stereocenters. The van der Waals surface area contributed by atoms with E-state index in [1.54, 1.807) is 31.7 Å². The van der Waals surface area contributed by atoms with E-state index >= 15 is 0 Å². The molecule has 0 aliphatic heterocycles. The Balaban J connectivity index is 3.76. The van der Waals surface area contributed by atoms with Gasteiger partial charge in [-0.15, -0.1) is 6.42 Å². The van der Waals surface area contributed by atoms with E-state index in [-0.39, 0.29) is 29.8 Å². The predicted molar refractivity (Wildman–Crippen MR) is 163 cm³/mol. The van der Waals surface area contributed by atoms with Crippen LogP contribution in [-0.2, 0) is 14.3 Å². The maximum absolute atomic E-state index is 14.6. The van der Waals surface area contributed by atoms with Gasteiger partial charge in [-0.1, -0.05) is 71.6 Å². The number of hydrogen-bond acceptors (Lipinski definition) is 4. The summed E-state index contributed by atoms with van der Waals surface area (Å²) in [5, 5.41) is 5.96. The summed E-state index contributed by atoms with van der Waals surface area (Å²) in [4.78, 5) is 43.2. The summed E-state index contributed by atoms with van der Waals surface area (Å²) in [5.74, 6) is 2.31. The molecule has 0 aliphatic rings. The molecular weight excluding hydrogens is 502 g/mol. The van der Waals surface area contributed by atoms with Gasteiger partial charge in [-0.2, -0.15) is 0 Å². The smallest absolute Gasteiger partial charge is 0.408 e. The van der Waals surface area contributed by atoms with Crippen molar-refractivity contribution >= 4 is 17.9 Å². The number of terminal acetylenes is 1. The minimum absolute atomic E-state index is 0.0776. The number of carbonyl (C=O) groups is 3. The standard InChI is InChI=1S/C33H53N3O4/c1-12-17-24(7)34-30(37)29(27-19-16-15-18-26(27)14-3)36(25(8)21-20-22(4)5)31(38)28(23(6)13-2)35-32(39)40-33(9,10)11/h3,15-16,18-19,22-25,28-29H,12-13,17,20-21H2,1-2,4-11H3,(H,34,37)(H,35,39). The second kappa shape index (κ2) is 16.3. The predicted octanol–water partition coefficient (Wildman–Crippen LogP) is 6.61. The molecular formula is C33H53N3O4. The molecule has 0 fully saturated rings. The summed E-state index contributed by atoms with van der Waals surface area (Å²) in [5.41, 5.74) is 0.428. The lowest BCUT2D eigenvalue weighted by Gasteiger charge is -2.40. The van der Waals surface area contributed by atoms with Crippen LogP contribution in [-0.4, -0.2) is 46.5 Å². The highest BCUT2D eigenvalue weighted by Crippen LogP contribution is 2.31. The summed E-state index contributed by atoms with van der Waals surface area (Å²) < 4.78 is 5.51. The van der Waals surface area contributed by atoms with Crippen molar-refractivity contribution in [2.75, 3.05) is 0 Å². The lowest BCUT2D eigenvalue weighted by atomic mass is 9.91. The van der Waals surface area contributed by atoms with E-state index in [0.717, 1.165) is 19.3 Å². The van der Waals surface area contributed by atoms with Crippen molar-refractivity contribution in [1.29, 1.82) is 0 Å². The topological polar surface area (TPSA) is 87.7 Å². The summed E-state index contributed by atoms with van der Waals surface area (Å²) in [6.07, 6.45) is 9.15. The highest BCUT2D eigenvalue weighted by Gasteiger charge is 2.41. The number of hydrogen-bond donors (Lipinski definition) is 2. The highest BCUT2D eigenvalue weighted by molar-refractivity contribution is 5.93. The molecule has 0 saturated heterocycles. The number of amides is 3. The Morgan fingerprint density at radius 3 is 2.12 bits per heavy atom. The fraction of sp³-hybridized carbons (Fsp3) is 0.667. The first-order chi connectivity index (χ1) is 18.7. The zero-order valence-corrected chi connectivity index (χ0v) is 26.5. The van der Waals surface area contributed by atoms with Crippen molar-refractivity contribution in [3.05, 3.63) is 35.4 Å². The fourth-order valence-corrected chi connectivity index (χ4v) is 4.70. The minimum atomic E-state index is -0.965. The maximum Gasteiger partial charge on any atom is 0.408 e. The fourth-order valence-electron chi connectivity index (χ4n) is 4.70. The maximum atomic E-state index is 14.6. The molecule has 3 amide bonds. The molecule has 0 aromatic heterocycles. The van der Waals surface area contributed by atoms with Gasteiger partial charge in [0.2, 0.25) is 11.8 Å². The molecule has 0 heterocycles. The molecule has 0 radical (unpaired) electrons. The normalized spacial score (nSPS) is 15.2. The molecule has 2 N–H and O–H groups in total. The van der Waals surface area contributed by atoms with Crippen LogP contribution in [0.25, 0.3) is 0 Å². The second-order valence-electron chi connectivity index (χ2n) is 12.4. The van der Waals surface area contributed by atoms with Gasteiger partial charge >= 0.3 is 6.09 Å². The number of rotatable bonds is 14. The summed E-state index contributed by atoms with van der Waals surface area (Å²) >= 11 is 0. The number of benzene rings is 1. The molecule has 1 aromatic carbocycles. The van der Waals surface area contributed by atoms with Crippen LogP contribution in [0.2, 0.25) is 0 Å². The van der Waals surface area contributed by atoms with Crippen LogP contribution in [0, 0.1) is 24.2 Å². The monoisotopic (exact) mass is 555 g/mol. The van der Waals surface area contributed by atoms with Crippen molar-refractivity contribution in [2.45, 2.75) is 131 Å².